The van der Waals surface area contributed by atoms with Crippen molar-refractivity contribution in [2.75, 3.05) is 5.32 Å². The van der Waals surface area contributed by atoms with Crippen LogP contribution in [-0.4, -0.2) is 15.3 Å². The maximum Gasteiger partial charge on any atom is 0.200 e. The van der Waals surface area contributed by atoms with E-state index in [4.69, 9.17) is 5.11 Å². The van der Waals surface area contributed by atoms with Crippen molar-refractivity contribution in [3.05, 3.63) is 47.3 Å². The molecule has 106 valence electrons. The Bertz CT molecular complexity index is 639. The van der Waals surface area contributed by atoms with E-state index in [1.807, 2.05) is 0 Å². The zero-order chi connectivity index (χ0) is 14.9. The fourth-order valence-electron chi connectivity index (χ4n) is 1.61. The van der Waals surface area contributed by atoms with Gasteiger partial charge in [0.2, 0.25) is 5.75 Å². The minimum absolute atomic E-state index is 0.0339. The van der Waals surface area contributed by atoms with Crippen molar-refractivity contribution in [1.82, 2.24) is 0 Å². The molecule has 0 atom stereocenters. The highest BCUT2D eigenvalue weighted by molar-refractivity contribution is 5.54. The van der Waals surface area contributed by atoms with Gasteiger partial charge in [-0.3, -0.25) is 0 Å². The lowest BCUT2D eigenvalue weighted by Crippen LogP contribution is -2.02. The Morgan fingerprint density at radius 3 is 2.10 bits per heavy atom. The molecular weight excluding hydrogens is 275 g/mol. The second kappa shape index (κ2) is 5.20. The van der Waals surface area contributed by atoms with Crippen LogP contribution in [-0.2, 0) is 6.54 Å². The van der Waals surface area contributed by atoms with Crippen LogP contribution in [0.4, 0.5) is 18.9 Å². The van der Waals surface area contributed by atoms with Gasteiger partial charge in [-0.2, -0.15) is 0 Å². The molecule has 4 nitrogen and oxygen atoms in total. The normalized spacial score (nSPS) is 10.6. The highest BCUT2D eigenvalue weighted by Gasteiger charge is 2.13. The number of rotatable bonds is 3. The minimum Gasteiger partial charge on any atom is -0.504 e. The monoisotopic (exact) mass is 285 g/mol. The number of hydrogen-bond donors (Lipinski definition) is 4. The number of phenols is 3. The highest BCUT2D eigenvalue weighted by atomic mass is 19.2. The van der Waals surface area contributed by atoms with Crippen LogP contribution in [0.25, 0.3) is 0 Å². The van der Waals surface area contributed by atoms with E-state index >= 15 is 0 Å². The number of aromatic hydroxyl groups is 3. The van der Waals surface area contributed by atoms with Crippen molar-refractivity contribution in [2.24, 2.45) is 0 Å². The predicted molar refractivity (Wildman–Crippen MR) is 65.1 cm³/mol. The molecule has 0 aliphatic heterocycles. The third-order valence-electron chi connectivity index (χ3n) is 2.68. The fraction of sp³-hybridized carbons (Fsp3) is 0.0769. The van der Waals surface area contributed by atoms with Gasteiger partial charge in [-0.1, -0.05) is 0 Å². The first-order valence-electron chi connectivity index (χ1n) is 5.51. The van der Waals surface area contributed by atoms with E-state index in [0.717, 1.165) is 18.2 Å². The van der Waals surface area contributed by atoms with Gasteiger partial charge in [0.25, 0.3) is 0 Å². The van der Waals surface area contributed by atoms with Crippen LogP contribution in [0, 0.1) is 17.5 Å². The molecule has 2 aromatic rings. The number of phenolic OH excluding ortho intramolecular Hbond substituents is 3. The summed E-state index contributed by atoms with van der Waals surface area (Å²) in [5.74, 6) is -6.00. The summed E-state index contributed by atoms with van der Waals surface area (Å²) in [5.41, 5.74) is 0.152. The van der Waals surface area contributed by atoms with Crippen LogP contribution in [0.15, 0.2) is 24.3 Å². The predicted octanol–water partition coefficient (Wildman–Crippen LogP) is 2.83. The molecule has 0 heterocycles. The van der Waals surface area contributed by atoms with E-state index in [2.05, 4.69) is 5.32 Å². The summed E-state index contributed by atoms with van der Waals surface area (Å²) in [6, 6.07) is 3.98. The third-order valence-corrected chi connectivity index (χ3v) is 2.68. The Labute approximate surface area is 111 Å². The van der Waals surface area contributed by atoms with Crippen molar-refractivity contribution < 1.29 is 28.5 Å². The van der Waals surface area contributed by atoms with Gasteiger partial charge in [0.05, 0.1) is 0 Å². The zero-order valence-corrected chi connectivity index (χ0v) is 9.99. The molecule has 0 spiro atoms. The molecule has 2 aromatic carbocycles. The fourth-order valence-corrected chi connectivity index (χ4v) is 1.61. The summed E-state index contributed by atoms with van der Waals surface area (Å²) in [7, 11) is 0. The highest BCUT2D eigenvalue weighted by Crippen LogP contribution is 2.37. The van der Waals surface area contributed by atoms with E-state index in [0.29, 0.717) is 0 Å². The number of hydrogen-bond acceptors (Lipinski definition) is 4. The minimum atomic E-state index is -1.57. The Morgan fingerprint density at radius 1 is 0.900 bits per heavy atom. The molecule has 0 radical (unpaired) electrons. The maximum atomic E-state index is 13.0. The van der Waals surface area contributed by atoms with Gasteiger partial charge < -0.3 is 20.6 Å². The molecule has 0 saturated heterocycles. The largest absolute Gasteiger partial charge is 0.504 e. The third kappa shape index (κ3) is 2.56. The lowest BCUT2D eigenvalue weighted by molar-refractivity contribution is 0.365. The molecule has 0 aliphatic carbocycles. The first-order chi connectivity index (χ1) is 9.40. The van der Waals surface area contributed by atoms with Gasteiger partial charge in [0, 0.05) is 29.9 Å². The van der Waals surface area contributed by atoms with E-state index < -0.39 is 34.7 Å². The average Bonchev–Trinajstić information content (AvgIpc) is 2.41. The molecule has 20 heavy (non-hydrogen) atoms. The molecule has 0 bridgehead atoms. The average molecular weight is 285 g/mol. The molecule has 0 amide bonds. The maximum absolute atomic E-state index is 13.0. The molecule has 4 N–H and O–H groups in total. The van der Waals surface area contributed by atoms with E-state index in [-0.39, 0.29) is 17.8 Å². The van der Waals surface area contributed by atoms with Crippen molar-refractivity contribution in [2.45, 2.75) is 6.54 Å². The van der Waals surface area contributed by atoms with Gasteiger partial charge in [0.1, 0.15) is 0 Å². The first kappa shape index (κ1) is 13.9. The SMILES string of the molecule is Oc1ccc(CNc2cc(F)c(F)c(F)c2)c(O)c1O. The van der Waals surface area contributed by atoms with Crippen LogP contribution < -0.4 is 5.32 Å². The van der Waals surface area contributed by atoms with Gasteiger partial charge >= 0.3 is 0 Å². The molecular formula is C13H10F3NO3. The van der Waals surface area contributed by atoms with Crippen molar-refractivity contribution in [3.8, 4) is 17.2 Å². The Morgan fingerprint density at radius 2 is 1.50 bits per heavy atom. The number of nitrogens with one attached hydrogen (secondary N) is 1. The summed E-state index contributed by atoms with van der Waals surface area (Å²) in [6.07, 6.45) is 0. The molecule has 2 rings (SSSR count). The number of benzene rings is 2. The van der Waals surface area contributed by atoms with Crippen LogP contribution in [0.5, 0.6) is 17.2 Å². The van der Waals surface area contributed by atoms with E-state index in [1.54, 1.807) is 0 Å². The molecule has 0 fully saturated rings. The molecule has 0 saturated carbocycles. The summed E-state index contributed by atoms with van der Waals surface area (Å²) in [4.78, 5) is 0. The van der Waals surface area contributed by atoms with Crippen LogP contribution in [0.1, 0.15) is 5.56 Å². The van der Waals surface area contributed by atoms with E-state index in [9.17, 15) is 23.4 Å². The van der Waals surface area contributed by atoms with Crippen molar-refractivity contribution in [3.63, 3.8) is 0 Å². The summed E-state index contributed by atoms with van der Waals surface area (Å²) in [5, 5.41) is 30.6. The Balaban J connectivity index is 2.19. The van der Waals surface area contributed by atoms with Gasteiger partial charge in [-0.05, 0) is 12.1 Å². The van der Waals surface area contributed by atoms with Gasteiger partial charge in [-0.15, -0.1) is 0 Å². The molecule has 7 heteroatoms. The standard InChI is InChI=1S/C13H10F3NO3/c14-8-3-7(4-9(15)11(8)16)17-5-6-1-2-10(18)13(20)12(6)19/h1-4,17-20H,5H2. The second-order valence-corrected chi connectivity index (χ2v) is 4.05. The molecule has 0 aliphatic rings. The Kier molecular flexibility index (Phi) is 3.60. The second-order valence-electron chi connectivity index (χ2n) is 4.05. The topological polar surface area (TPSA) is 72.7 Å². The number of halogens is 3. The zero-order valence-electron chi connectivity index (χ0n) is 9.99. The summed E-state index contributed by atoms with van der Waals surface area (Å²) in [6.45, 7) is -0.0931. The summed E-state index contributed by atoms with van der Waals surface area (Å²) >= 11 is 0. The van der Waals surface area contributed by atoms with Crippen LogP contribution in [0.3, 0.4) is 0 Å². The van der Waals surface area contributed by atoms with Crippen LogP contribution >= 0.6 is 0 Å². The lowest BCUT2D eigenvalue weighted by Gasteiger charge is -2.10. The van der Waals surface area contributed by atoms with Gasteiger partial charge in [-0.25, -0.2) is 13.2 Å². The summed E-state index contributed by atoms with van der Waals surface area (Å²) < 4.78 is 38.7. The molecule has 0 unspecified atom stereocenters. The first-order valence-corrected chi connectivity index (χ1v) is 5.51. The molecule has 0 aromatic heterocycles. The number of anilines is 1. The van der Waals surface area contributed by atoms with Crippen molar-refractivity contribution >= 4 is 5.69 Å². The van der Waals surface area contributed by atoms with Crippen LogP contribution in [0.2, 0.25) is 0 Å². The van der Waals surface area contributed by atoms with E-state index in [1.165, 1.54) is 6.07 Å². The smallest absolute Gasteiger partial charge is 0.200 e. The lowest BCUT2D eigenvalue weighted by atomic mass is 10.1. The van der Waals surface area contributed by atoms with Crippen molar-refractivity contribution in [1.29, 1.82) is 0 Å². The van der Waals surface area contributed by atoms with Gasteiger partial charge in [0.15, 0.2) is 29.0 Å². The Hall–Kier alpha value is -2.57. The quantitative estimate of drug-likeness (QED) is 0.517.